The molecule has 1 rings (SSSR count). The Morgan fingerprint density at radius 1 is 1.57 bits per heavy atom. The monoisotopic (exact) mass is 190 g/mol. The summed E-state index contributed by atoms with van der Waals surface area (Å²) in [6.07, 6.45) is 6.25. The summed E-state index contributed by atoms with van der Waals surface area (Å²) < 4.78 is 0. The van der Waals surface area contributed by atoms with E-state index in [0.29, 0.717) is 5.69 Å². The Kier molecular flexibility index (Phi) is 3.23. The molecule has 4 nitrogen and oxygen atoms in total. The predicted molar refractivity (Wildman–Crippen MR) is 59.5 cm³/mol. The number of anilines is 2. The summed E-state index contributed by atoms with van der Waals surface area (Å²) in [5, 5.41) is 10.0. The maximum absolute atomic E-state index is 6.92. The highest BCUT2D eigenvalue weighted by Crippen LogP contribution is 2.22. The van der Waals surface area contributed by atoms with Gasteiger partial charge in [-0.3, -0.25) is 4.98 Å². The molecular weight excluding hydrogens is 176 g/mol. The molecule has 0 fully saturated rings. The Bertz CT molecular complexity index is 348. The van der Waals surface area contributed by atoms with Gasteiger partial charge >= 0.3 is 0 Å². The molecule has 1 aromatic rings. The molecule has 0 radical (unpaired) electrons. The molecule has 0 aromatic carbocycles. The lowest BCUT2D eigenvalue weighted by Crippen LogP contribution is -2.02. The minimum atomic E-state index is 0.614. The highest BCUT2D eigenvalue weighted by Gasteiger charge is 2.02. The van der Waals surface area contributed by atoms with Crippen LogP contribution in [0.25, 0.3) is 0 Å². The first-order chi connectivity index (χ1) is 6.65. The van der Waals surface area contributed by atoms with Crippen molar-refractivity contribution in [2.75, 3.05) is 11.1 Å². The lowest BCUT2D eigenvalue weighted by atomic mass is 10.2. The molecule has 0 saturated heterocycles. The number of pyridine rings is 1. The number of nitrogen functional groups attached to an aromatic ring is 1. The number of allylic oxidation sites excluding steroid dienone is 2. The maximum atomic E-state index is 6.92. The third kappa shape index (κ3) is 2.32. The normalized spacial score (nSPS) is 11.1. The van der Waals surface area contributed by atoms with E-state index >= 15 is 0 Å². The van der Waals surface area contributed by atoms with Crippen LogP contribution < -0.4 is 11.1 Å². The average molecular weight is 190 g/mol. The number of nitrogens with one attached hydrogen (secondary N) is 2. The highest BCUT2D eigenvalue weighted by molar-refractivity contribution is 5.74. The lowest BCUT2D eigenvalue weighted by molar-refractivity contribution is 1.25. The lowest BCUT2D eigenvalue weighted by Gasteiger charge is -2.11. The standard InChI is InChI=1S/C10H14N4/c1-7-5-13-6-9(12)10(7)14-8(2)3-4-11/h3-6,11H,12H2,1-2H3,(H,13,14)/b8-3-,11-4?. The summed E-state index contributed by atoms with van der Waals surface area (Å²) in [7, 11) is 0. The van der Waals surface area contributed by atoms with Gasteiger partial charge < -0.3 is 16.5 Å². The van der Waals surface area contributed by atoms with Crippen LogP contribution in [0.4, 0.5) is 11.4 Å². The second-order valence-corrected chi connectivity index (χ2v) is 3.06. The first-order valence-electron chi connectivity index (χ1n) is 4.29. The predicted octanol–water partition coefficient (Wildman–Crippen LogP) is 1.94. The quantitative estimate of drug-likeness (QED) is 0.637. The van der Waals surface area contributed by atoms with Crippen LogP contribution in [0.15, 0.2) is 24.2 Å². The van der Waals surface area contributed by atoms with Crippen LogP contribution in [0.3, 0.4) is 0 Å². The van der Waals surface area contributed by atoms with Crippen LogP contribution in [-0.2, 0) is 0 Å². The molecule has 0 atom stereocenters. The van der Waals surface area contributed by atoms with E-state index in [1.165, 1.54) is 6.21 Å². The van der Waals surface area contributed by atoms with Crippen LogP contribution in [0.5, 0.6) is 0 Å². The van der Waals surface area contributed by atoms with Gasteiger partial charge in [0, 0.05) is 18.1 Å². The number of nitrogens with two attached hydrogens (primary N) is 1. The van der Waals surface area contributed by atoms with Gasteiger partial charge in [0.15, 0.2) is 0 Å². The van der Waals surface area contributed by atoms with E-state index in [4.69, 9.17) is 11.1 Å². The largest absolute Gasteiger partial charge is 0.396 e. The molecular formula is C10H14N4. The molecule has 0 aliphatic heterocycles. The van der Waals surface area contributed by atoms with Gasteiger partial charge in [0.1, 0.15) is 0 Å². The Balaban J connectivity index is 2.96. The van der Waals surface area contributed by atoms with Crippen molar-refractivity contribution >= 4 is 17.6 Å². The third-order valence-corrected chi connectivity index (χ3v) is 1.82. The minimum absolute atomic E-state index is 0.614. The fourth-order valence-electron chi connectivity index (χ4n) is 1.12. The molecule has 0 aliphatic rings. The third-order valence-electron chi connectivity index (χ3n) is 1.82. The van der Waals surface area contributed by atoms with Gasteiger partial charge in [-0.2, -0.15) is 0 Å². The molecule has 4 heteroatoms. The van der Waals surface area contributed by atoms with E-state index < -0.39 is 0 Å². The van der Waals surface area contributed by atoms with E-state index in [0.717, 1.165) is 16.9 Å². The van der Waals surface area contributed by atoms with Crippen molar-refractivity contribution in [3.63, 3.8) is 0 Å². The Morgan fingerprint density at radius 3 is 2.86 bits per heavy atom. The van der Waals surface area contributed by atoms with E-state index in [1.807, 2.05) is 13.8 Å². The van der Waals surface area contributed by atoms with Crippen molar-refractivity contribution in [1.82, 2.24) is 4.98 Å². The molecule has 14 heavy (non-hydrogen) atoms. The van der Waals surface area contributed by atoms with Crippen LogP contribution in [0.1, 0.15) is 12.5 Å². The Hall–Kier alpha value is -1.84. The number of aryl methyl sites for hydroxylation is 1. The number of hydrogen-bond donors (Lipinski definition) is 3. The molecule has 0 bridgehead atoms. The maximum Gasteiger partial charge on any atom is 0.0742 e. The zero-order valence-electron chi connectivity index (χ0n) is 8.33. The number of nitrogens with zero attached hydrogens (tertiary/aromatic N) is 1. The fraction of sp³-hybridized carbons (Fsp3) is 0.200. The van der Waals surface area contributed by atoms with E-state index in [9.17, 15) is 0 Å². The zero-order valence-corrected chi connectivity index (χ0v) is 8.33. The van der Waals surface area contributed by atoms with Crippen molar-refractivity contribution in [3.05, 3.63) is 29.7 Å². The minimum Gasteiger partial charge on any atom is -0.396 e. The van der Waals surface area contributed by atoms with Crippen LogP contribution in [0, 0.1) is 12.3 Å². The van der Waals surface area contributed by atoms with Gasteiger partial charge in [-0.15, -0.1) is 0 Å². The van der Waals surface area contributed by atoms with Crippen molar-refractivity contribution in [1.29, 1.82) is 5.41 Å². The van der Waals surface area contributed by atoms with E-state index in [2.05, 4.69) is 10.3 Å². The number of rotatable bonds is 3. The van der Waals surface area contributed by atoms with Gasteiger partial charge in [-0.05, 0) is 25.5 Å². The first-order valence-corrected chi connectivity index (χ1v) is 4.29. The van der Waals surface area contributed by atoms with Gasteiger partial charge in [-0.1, -0.05) is 0 Å². The van der Waals surface area contributed by atoms with Crippen molar-refractivity contribution in [2.24, 2.45) is 0 Å². The summed E-state index contributed by atoms with van der Waals surface area (Å²) in [6.45, 7) is 3.81. The first kappa shape index (κ1) is 10.2. The van der Waals surface area contributed by atoms with Crippen molar-refractivity contribution in [3.8, 4) is 0 Å². The number of hydrogen-bond acceptors (Lipinski definition) is 4. The molecule has 4 N–H and O–H groups in total. The zero-order chi connectivity index (χ0) is 10.6. The molecule has 0 spiro atoms. The van der Waals surface area contributed by atoms with Crippen molar-refractivity contribution < 1.29 is 0 Å². The second-order valence-electron chi connectivity index (χ2n) is 3.06. The fourth-order valence-corrected chi connectivity index (χ4v) is 1.12. The van der Waals surface area contributed by atoms with Crippen LogP contribution in [0.2, 0.25) is 0 Å². The smallest absolute Gasteiger partial charge is 0.0742 e. The van der Waals surface area contributed by atoms with Gasteiger partial charge in [0.2, 0.25) is 0 Å². The van der Waals surface area contributed by atoms with E-state index in [1.54, 1.807) is 18.5 Å². The van der Waals surface area contributed by atoms with Gasteiger partial charge in [0.25, 0.3) is 0 Å². The highest BCUT2D eigenvalue weighted by atomic mass is 14.9. The molecule has 0 saturated carbocycles. The van der Waals surface area contributed by atoms with Crippen LogP contribution in [-0.4, -0.2) is 11.2 Å². The van der Waals surface area contributed by atoms with Gasteiger partial charge in [-0.25, -0.2) is 0 Å². The SMILES string of the molecule is C/C(=C/C=N)Nc1c(C)cncc1N. The van der Waals surface area contributed by atoms with Crippen LogP contribution >= 0.6 is 0 Å². The summed E-state index contributed by atoms with van der Waals surface area (Å²) in [5.74, 6) is 0. The molecule has 1 heterocycles. The molecule has 0 amide bonds. The summed E-state index contributed by atoms with van der Waals surface area (Å²) >= 11 is 0. The van der Waals surface area contributed by atoms with E-state index in [-0.39, 0.29) is 0 Å². The Morgan fingerprint density at radius 2 is 2.29 bits per heavy atom. The summed E-state index contributed by atoms with van der Waals surface area (Å²) in [5.41, 5.74) is 9.09. The van der Waals surface area contributed by atoms with Crippen molar-refractivity contribution in [2.45, 2.75) is 13.8 Å². The molecule has 74 valence electrons. The van der Waals surface area contributed by atoms with Gasteiger partial charge in [0.05, 0.1) is 17.6 Å². The average Bonchev–Trinajstić information content (AvgIpc) is 2.12. The summed E-state index contributed by atoms with van der Waals surface area (Å²) in [6, 6.07) is 0. The molecule has 1 aromatic heterocycles. The summed E-state index contributed by atoms with van der Waals surface area (Å²) in [4.78, 5) is 3.97. The Labute approximate surface area is 83.4 Å². The molecule has 0 aliphatic carbocycles. The number of aromatic nitrogens is 1. The topological polar surface area (TPSA) is 74.8 Å². The second kappa shape index (κ2) is 4.41. The molecule has 0 unspecified atom stereocenters.